The number of imidazole rings is 1. The molecule has 0 saturated carbocycles. The zero-order valence-electron chi connectivity index (χ0n) is 18.4. The molecule has 2 aromatic carbocycles. The minimum absolute atomic E-state index is 0.209. The van der Waals surface area contributed by atoms with Crippen molar-refractivity contribution in [2.75, 3.05) is 26.6 Å². The Labute approximate surface area is 190 Å². The van der Waals surface area contributed by atoms with E-state index in [4.69, 9.17) is 14.2 Å². The summed E-state index contributed by atoms with van der Waals surface area (Å²) in [5.41, 5.74) is 3.56. The van der Waals surface area contributed by atoms with Gasteiger partial charge in [0.2, 0.25) is 0 Å². The molecule has 0 saturated heterocycles. The molecular formula is C21H23BN6O5. The summed E-state index contributed by atoms with van der Waals surface area (Å²) in [7, 11) is 3.07. The fourth-order valence-electron chi connectivity index (χ4n) is 3.44. The zero-order valence-corrected chi connectivity index (χ0v) is 18.4. The summed E-state index contributed by atoms with van der Waals surface area (Å²) in [5, 5.41) is 30.3. The third kappa shape index (κ3) is 4.58. The minimum atomic E-state index is -1.54. The van der Waals surface area contributed by atoms with Crippen LogP contribution in [-0.2, 0) is 17.9 Å². The van der Waals surface area contributed by atoms with E-state index in [2.05, 4.69) is 25.5 Å². The number of nitrogens with zero attached hydrogens (tertiary/aromatic N) is 5. The van der Waals surface area contributed by atoms with Gasteiger partial charge < -0.3 is 29.6 Å². The number of methoxy groups -OCH3 is 3. The molecule has 0 spiro atoms. The van der Waals surface area contributed by atoms with Gasteiger partial charge in [0.15, 0.2) is 5.82 Å². The monoisotopic (exact) mass is 450 g/mol. The van der Waals surface area contributed by atoms with Crippen LogP contribution in [0.5, 0.6) is 11.9 Å². The van der Waals surface area contributed by atoms with E-state index in [1.165, 1.54) is 14.2 Å². The van der Waals surface area contributed by atoms with Gasteiger partial charge in [-0.2, -0.15) is 9.97 Å². The molecule has 33 heavy (non-hydrogen) atoms. The Balaban J connectivity index is 1.72. The largest absolute Gasteiger partial charge is 0.488 e. The van der Waals surface area contributed by atoms with E-state index in [9.17, 15) is 10.0 Å². The normalized spacial score (nSPS) is 10.9. The first-order valence-electron chi connectivity index (χ1n) is 10.1. The van der Waals surface area contributed by atoms with Gasteiger partial charge in [-0.25, -0.2) is 4.57 Å². The van der Waals surface area contributed by atoms with Crippen molar-refractivity contribution >= 4 is 29.4 Å². The highest BCUT2D eigenvalue weighted by Crippen LogP contribution is 2.28. The Bertz CT molecular complexity index is 1270. The Morgan fingerprint density at radius 2 is 1.82 bits per heavy atom. The average Bonchev–Trinajstić information content (AvgIpc) is 3.22. The van der Waals surface area contributed by atoms with Crippen molar-refractivity contribution < 1.29 is 24.3 Å². The quantitative estimate of drug-likeness (QED) is 0.312. The second kappa shape index (κ2) is 9.82. The number of nitrogens with one attached hydrogen (secondary N) is 1. The highest BCUT2D eigenvalue weighted by molar-refractivity contribution is 6.58. The SMILES string of the molecule is COCc1cccc2c1nc(OC)n2-c1nnc(OC)c(NCc2cccc(B(O)O)c2)n1. The van der Waals surface area contributed by atoms with Gasteiger partial charge in [-0.1, -0.05) is 36.4 Å². The fraction of sp³-hybridized carbons (Fsp3) is 0.238. The molecule has 0 aliphatic carbocycles. The number of aromatic nitrogens is 5. The van der Waals surface area contributed by atoms with Crippen LogP contribution in [0.25, 0.3) is 17.0 Å². The standard InChI is InChI=1S/C21H23BN6O5/c1-31-12-14-7-5-9-16-17(14)24-21(33-3)28(16)20-25-18(19(32-2)26-27-20)23-11-13-6-4-8-15(10-13)22(29)30/h4-10,29-30H,11-12H2,1-3H3,(H,23,25,27). The minimum Gasteiger partial charge on any atom is -0.477 e. The molecular weight excluding hydrogens is 427 g/mol. The van der Waals surface area contributed by atoms with Gasteiger partial charge >= 0.3 is 13.1 Å². The summed E-state index contributed by atoms with van der Waals surface area (Å²) in [4.78, 5) is 9.17. The molecule has 12 heteroatoms. The molecule has 4 rings (SSSR count). The maximum absolute atomic E-state index is 9.40. The molecule has 2 aromatic heterocycles. The van der Waals surface area contributed by atoms with E-state index in [1.807, 2.05) is 24.3 Å². The van der Waals surface area contributed by atoms with Crippen LogP contribution in [0.15, 0.2) is 42.5 Å². The molecule has 170 valence electrons. The van der Waals surface area contributed by atoms with Crippen molar-refractivity contribution in [2.45, 2.75) is 13.2 Å². The van der Waals surface area contributed by atoms with E-state index in [0.29, 0.717) is 36.0 Å². The lowest BCUT2D eigenvalue weighted by molar-refractivity contribution is 0.186. The van der Waals surface area contributed by atoms with Crippen molar-refractivity contribution in [3.8, 4) is 17.8 Å². The summed E-state index contributed by atoms with van der Waals surface area (Å²) in [5.74, 6) is 0.807. The number of para-hydroxylation sites is 1. The first kappa shape index (κ1) is 22.5. The van der Waals surface area contributed by atoms with Crippen molar-refractivity contribution in [1.29, 1.82) is 0 Å². The van der Waals surface area contributed by atoms with Crippen LogP contribution in [0, 0.1) is 0 Å². The third-order valence-corrected chi connectivity index (χ3v) is 4.97. The van der Waals surface area contributed by atoms with Gasteiger partial charge in [0.05, 0.1) is 31.9 Å². The van der Waals surface area contributed by atoms with Crippen LogP contribution in [0.4, 0.5) is 5.82 Å². The van der Waals surface area contributed by atoms with Gasteiger partial charge in [-0.15, -0.1) is 10.2 Å². The van der Waals surface area contributed by atoms with Crippen molar-refractivity contribution in [3.05, 3.63) is 53.6 Å². The molecule has 0 atom stereocenters. The van der Waals surface area contributed by atoms with E-state index in [-0.39, 0.29) is 11.8 Å². The molecule has 0 bridgehead atoms. The predicted molar refractivity (Wildman–Crippen MR) is 122 cm³/mol. The number of hydrogen-bond donors (Lipinski definition) is 3. The van der Waals surface area contributed by atoms with Crippen LogP contribution in [0.2, 0.25) is 0 Å². The van der Waals surface area contributed by atoms with E-state index in [1.54, 1.807) is 29.9 Å². The average molecular weight is 450 g/mol. The van der Waals surface area contributed by atoms with Gasteiger partial charge in [0.25, 0.3) is 11.8 Å². The van der Waals surface area contributed by atoms with E-state index in [0.717, 1.165) is 16.6 Å². The topological polar surface area (TPSA) is 137 Å². The van der Waals surface area contributed by atoms with Gasteiger partial charge in [-0.05, 0) is 17.1 Å². The van der Waals surface area contributed by atoms with E-state index >= 15 is 0 Å². The van der Waals surface area contributed by atoms with E-state index < -0.39 is 7.12 Å². The van der Waals surface area contributed by atoms with Crippen molar-refractivity contribution in [1.82, 2.24) is 24.7 Å². The molecule has 0 aliphatic rings. The highest BCUT2D eigenvalue weighted by atomic mass is 16.5. The van der Waals surface area contributed by atoms with Gasteiger partial charge in [-0.3, -0.25) is 0 Å². The first-order chi connectivity index (χ1) is 16.0. The Morgan fingerprint density at radius 3 is 2.55 bits per heavy atom. The number of ether oxygens (including phenoxy) is 3. The molecule has 3 N–H and O–H groups in total. The molecule has 0 fully saturated rings. The second-order valence-corrected chi connectivity index (χ2v) is 7.09. The number of anilines is 1. The number of fused-ring (bicyclic) bond motifs is 1. The maximum Gasteiger partial charge on any atom is 0.488 e. The van der Waals surface area contributed by atoms with Crippen LogP contribution in [0.3, 0.4) is 0 Å². The van der Waals surface area contributed by atoms with Crippen LogP contribution >= 0.6 is 0 Å². The summed E-state index contributed by atoms with van der Waals surface area (Å²) in [6.07, 6.45) is 0. The third-order valence-electron chi connectivity index (χ3n) is 4.97. The lowest BCUT2D eigenvalue weighted by atomic mass is 9.80. The number of hydrogen-bond acceptors (Lipinski definition) is 10. The van der Waals surface area contributed by atoms with Crippen molar-refractivity contribution in [2.24, 2.45) is 0 Å². The Kier molecular flexibility index (Phi) is 6.68. The van der Waals surface area contributed by atoms with Crippen LogP contribution in [0.1, 0.15) is 11.1 Å². The predicted octanol–water partition coefficient (Wildman–Crippen LogP) is 0.666. The molecule has 11 nitrogen and oxygen atoms in total. The molecule has 0 aliphatic heterocycles. The Morgan fingerprint density at radius 1 is 1.00 bits per heavy atom. The van der Waals surface area contributed by atoms with Crippen LogP contribution < -0.4 is 20.3 Å². The first-order valence-corrected chi connectivity index (χ1v) is 10.1. The maximum atomic E-state index is 9.40. The second-order valence-electron chi connectivity index (χ2n) is 7.09. The summed E-state index contributed by atoms with van der Waals surface area (Å²) in [6.45, 7) is 0.739. The lowest BCUT2D eigenvalue weighted by Crippen LogP contribution is -2.30. The summed E-state index contributed by atoms with van der Waals surface area (Å²) in [6, 6.07) is 12.9. The highest BCUT2D eigenvalue weighted by Gasteiger charge is 2.20. The molecule has 0 radical (unpaired) electrons. The molecule has 0 unspecified atom stereocenters. The number of rotatable bonds is 9. The molecule has 0 amide bonds. The van der Waals surface area contributed by atoms with Crippen LogP contribution in [-0.4, -0.2) is 63.2 Å². The lowest BCUT2D eigenvalue weighted by Gasteiger charge is -2.12. The van der Waals surface area contributed by atoms with Gasteiger partial charge in [0, 0.05) is 19.2 Å². The molecule has 4 aromatic rings. The van der Waals surface area contributed by atoms with Crippen molar-refractivity contribution in [3.63, 3.8) is 0 Å². The van der Waals surface area contributed by atoms with Gasteiger partial charge in [0.1, 0.15) is 0 Å². The summed E-state index contributed by atoms with van der Waals surface area (Å²) < 4.78 is 17.7. The summed E-state index contributed by atoms with van der Waals surface area (Å²) >= 11 is 0. The molecule has 2 heterocycles. The smallest absolute Gasteiger partial charge is 0.477 e. The number of benzene rings is 2. The Hall–Kier alpha value is -3.74. The zero-order chi connectivity index (χ0) is 23.4. The fourth-order valence-corrected chi connectivity index (χ4v) is 3.44.